The summed E-state index contributed by atoms with van der Waals surface area (Å²) < 4.78 is 4.78. The van der Waals surface area contributed by atoms with Gasteiger partial charge in [0.1, 0.15) is 0 Å². The van der Waals surface area contributed by atoms with Gasteiger partial charge in [-0.05, 0) is 36.5 Å². The van der Waals surface area contributed by atoms with Gasteiger partial charge in [0.05, 0.1) is 12.7 Å². The van der Waals surface area contributed by atoms with Gasteiger partial charge in [-0.15, -0.1) is 0 Å². The molecule has 0 aliphatic rings. The zero-order valence-corrected chi connectivity index (χ0v) is 17.5. The van der Waals surface area contributed by atoms with E-state index in [2.05, 4.69) is 32.6 Å². The van der Waals surface area contributed by atoms with Crippen LogP contribution in [0.4, 0.5) is 0 Å². The van der Waals surface area contributed by atoms with Crippen LogP contribution in [0.25, 0.3) is 0 Å². The van der Waals surface area contributed by atoms with E-state index >= 15 is 0 Å². The Bertz CT molecular complexity index is 617. The molecular formula is C23H33ClO2. The van der Waals surface area contributed by atoms with Crippen LogP contribution >= 0.6 is 11.6 Å². The number of ether oxygens (including phenoxy) is 1. The van der Waals surface area contributed by atoms with Crippen LogP contribution in [0.15, 0.2) is 18.2 Å². The van der Waals surface area contributed by atoms with Crippen molar-refractivity contribution in [1.29, 1.82) is 0 Å². The maximum absolute atomic E-state index is 11.8. The molecule has 0 fully saturated rings. The summed E-state index contributed by atoms with van der Waals surface area (Å²) in [6, 6.07) is 5.13. The molecule has 0 saturated carbocycles. The van der Waals surface area contributed by atoms with E-state index in [0.29, 0.717) is 21.6 Å². The molecule has 2 nitrogen and oxygen atoms in total. The van der Waals surface area contributed by atoms with Gasteiger partial charge in [0.25, 0.3) is 0 Å². The number of unbranched alkanes of at least 4 members (excludes halogenated alkanes) is 7. The lowest BCUT2D eigenvalue weighted by Gasteiger charge is -2.17. The zero-order chi connectivity index (χ0) is 19.4. The number of methoxy groups -OCH3 is 1. The number of rotatable bonds is 9. The van der Waals surface area contributed by atoms with Crippen LogP contribution in [-0.4, -0.2) is 13.1 Å². The third-order valence-electron chi connectivity index (χ3n) is 4.34. The van der Waals surface area contributed by atoms with Crippen LogP contribution in [0, 0.1) is 17.3 Å². The van der Waals surface area contributed by atoms with Crippen LogP contribution in [-0.2, 0) is 4.74 Å². The molecule has 0 N–H and O–H groups in total. The van der Waals surface area contributed by atoms with Gasteiger partial charge in [-0.1, -0.05) is 82.7 Å². The van der Waals surface area contributed by atoms with Gasteiger partial charge in [0.2, 0.25) is 0 Å². The molecule has 3 heteroatoms. The van der Waals surface area contributed by atoms with Crippen molar-refractivity contribution < 1.29 is 9.53 Å². The number of halogens is 1. The van der Waals surface area contributed by atoms with Gasteiger partial charge in [0, 0.05) is 17.0 Å². The standard InChI is InChI=1S/C23H33ClO2/c1-23(2,3)17-13-11-9-7-5-6-8-10-12-14-19-15-16-20(24)18-21(19)22(25)26-4/h15-16,18H,5-11,13,17H2,1-4H3. The number of carbonyl (C=O) groups is 1. The highest BCUT2D eigenvalue weighted by Crippen LogP contribution is 2.22. The average Bonchev–Trinajstić information content (AvgIpc) is 2.59. The van der Waals surface area contributed by atoms with Gasteiger partial charge in [-0.25, -0.2) is 4.79 Å². The maximum atomic E-state index is 11.8. The second-order valence-corrected chi connectivity index (χ2v) is 8.46. The quantitative estimate of drug-likeness (QED) is 0.262. The molecule has 0 saturated heterocycles. The molecular weight excluding hydrogens is 344 g/mol. The van der Waals surface area contributed by atoms with E-state index in [1.807, 2.05) is 0 Å². The monoisotopic (exact) mass is 376 g/mol. The third kappa shape index (κ3) is 9.88. The highest BCUT2D eigenvalue weighted by molar-refractivity contribution is 6.31. The van der Waals surface area contributed by atoms with Crippen molar-refractivity contribution in [3.63, 3.8) is 0 Å². The Morgan fingerprint density at radius 3 is 2.27 bits per heavy atom. The largest absolute Gasteiger partial charge is 0.465 e. The molecule has 0 bridgehead atoms. The summed E-state index contributed by atoms with van der Waals surface area (Å²) in [5.41, 5.74) is 1.58. The Hall–Kier alpha value is -1.46. The summed E-state index contributed by atoms with van der Waals surface area (Å²) in [6.45, 7) is 6.94. The highest BCUT2D eigenvalue weighted by Gasteiger charge is 2.11. The normalized spacial score (nSPS) is 11.0. The van der Waals surface area contributed by atoms with Crippen LogP contribution < -0.4 is 0 Å². The van der Waals surface area contributed by atoms with E-state index in [9.17, 15) is 4.79 Å². The summed E-state index contributed by atoms with van der Waals surface area (Å²) in [5.74, 6) is 5.85. The molecule has 0 amide bonds. The lowest BCUT2D eigenvalue weighted by Crippen LogP contribution is -2.03. The van der Waals surface area contributed by atoms with Crippen LogP contribution in [0.5, 0.6) is 0 Å². The molecule has 0 heterocycles. The second kappa shape index (κ2) is 12.0. The molecule has 0 radical (unpaired) electrons. The number of benzene rings is 1. The predicted molar refractivity (Wildman–Crippen MR) is 111 cm³/mol. The topological polar surface area (TPSA) is 26.3 Å². The van der Waals surface area contributed by atoms with Gasteiger partial charge in [0.15, 0.2) is 0 Å². The molecule has 0 aromatic heterocycles. The Balaban J connectivity index is 2.23. The molecule has 1 rings (SSSR count). The van der Waals surface area contributed by atoms with Crippen molar-refractivity contribution in [1.82, 2.24) is 0 Å². The first-order chi connectivity index (χ1) is 12.3. The van der Waals surface area contributed by atoms with Gasteiger partial charge in [-0.2, -0.15) is 0 Å². The van der Waals surface area contributed by atoms with Gasteiger partial charge >= 0.3 is 5.97 Å². The lowest BCUT2D eigenvalue weighted by atomic mass is 9.89. The minimum absolute atomic E-state index is 0.400. The van der Waals surface area contributed by atoms with Crippen LogP contribution in [0.1, 0.15) is 94.5 Å². The van der Waals surface area contributed by atoms with Crippen molar-refractivity contribution in [2.24, 2.45) is 5.41 Å². The summed E-state index contributed by atoms with van der Waals surface area (Å²) >= 11 is 5.95. The first kappa shape index (κ1) is 22.6. The van der Waals surface area contributed by atoms with E-state index in [4.69, 9.17) is 16.3 Å². The molecule has 26 heavy (non-hydrogen) atoms. The molecule has 0 spiro atoms. The predicted octanol–water partition coefficient (Wildman–Crippen LogP) is 7.04. The van der Waals surface area contributed by atoms with E-state index in [0.717, 1.165) is 12.8 Å². The Morgan fingerprint density at radius 2 is 1.65 bits per heavy atom. The van der Waals surface area contributed by atoms with E-state index in [1.54, 1.807) is 18.2 Å². The summed E-state index contributed by atoms with van der Waals surface area (Å²) in [5, 5.41) is 0.512. The molecule has 1 aromatic rings. The minimum Gasteiger partial charge on any atom is -0.465 e. The van der Waals surface area contributed by atoms with E-state index in [1.165, 1.54) is 52.1 Å². The van der Waals surface area contributed by atoms with Crippen molar-refractivity contribution >= 4 is 17.6 Å². The van der Waals surface area contributed by atoms with Crippen LogP contribution in [0.3, 0.4) is 0 Å². The maximum Gasteiger partial charge on any atom is 0.339 e. The SMILES string of the molecule is COC(=O)c1cc(Cl)ccc1C#CCCCCCCCCCC(C)(C)C. The molecule has 0 aliphatic carbocycles. The first-order valence-electron chi connectivity index (χ1n) is 9.70. The van der Waals surface area contributed by atoms with Gasteiger partial charge < -0.3 is 4.74 Å². The average molecular weight is 377 g/mol. The second-order valence-electron chi connectivity index (χ2n) is 8.02. The number of hydrogen-bond acceptors (Lipinski definition) is 2. The minimum atomic E-state index is -0.400. The summed E-state index contributed by atoms with van der Waals surface area (Å²) in [7, 11) is 1.36. The smallest absolute Gasteiger partial charge is 0.339 e. The molecule has 0 aliphatic heterocycles. The van der Waals surface area contributed by atoms with E-state index < -0.39 is 5.97 Å². The fraction of sp³-hybridized carbons (Fsp3) is 0.609. The highest BCUT2D eigenvalue weighted by atomic mass is 35.5. The molecule has 144 valence electrons. The number of esters is 1. The number of carbonyl (C=O) groups excluding carboxylic acids is 1. The zero-order valence-electron chi connectivity index (χ0n) is 16.8. The third-order valence-corrected chi connectivity index (χ3v) is 4.57. The number of hydrogen-bond donors (Lipinski definition) is 0. The molecule has 1 aromatic carbocycles. The Kier molecular flexibility index (Phi) is 10.4. The first-order valence-corrected chi connectivity index (χ1v) is 10.1. The van der Waals surface area contributed by atoms with Crippen molar-refractivity contribution in [2.75, 3.05) is 7.11 Å². The fourth-order valence-corrected chi connectivity index (χ4v) is 2.99. The summed E-state index contributed by atoms with van der Waals surface area (Å²) in [4.78, 5) is 11.8. The Labute approximate surface area is 164 Å². The lowest BCUT2D eigenvalue weighted by molar-refractivity contribution is 0.0600. The fourth-order valence-electron chi connectivity index (χ4n) is 2.81. The summed E-state index contributed by atoms with van der Waals surface area (Å²) in [6.07, 6.45) is 11.1. The Morgan fingerprint density at radius 1 is 1.04 bits per heavy atom. The van der Waals surface area contributed by atoms with Gasteiger partial charge in [-0.3, -0.25) is 0 Å². The molecule has 0 atom stereocenters. The van der Waals surface area contributed by atoms with Crippen molar-refractivity contribution in [3.05, 3.63) is 34.3 Å². The van der Waals surface area contributed by atoms with E-state index in [-0.39, 0.29) is 0 Å². The van der Waals surface area contributed by atoms with Crippen LogP contribution in [0.2, 0.25) is 5.02 Å². The molecule has 0 unspecified atom stereocenters. The van der Waals surface area contributed by atoms with Crippen molar-refractivity contribution in [2.45, 2.75) is 78.6 Å². The van der Waals surface area contributed by atoms with Crippen molar-refractivity contribution in [3.8, 4) is 11.8 Å².